The van der Waals surface area contributed by atoms with Crippen LogP contribution in [0.2, 0.25) is 0 Å². The maximum absolute atomic E-state index is 12.3. The lowest BCUT2D eigenvalue weighted by molar-refractivity contribution is -0.161. The zero-order chi connectivity index (χ0) is 23.1. The molecular weight excluding hydrogens is 412 g/mol. The second-order valence-electron chi connectivity index (χ2n) is 9.74. The van der Waals surface area contributed by atoms with E-state index in [1.165, 1.54) is 0 Å². The molecule has 9 nitrogen and oxygen atoms in total. The van der Waals surface area contributed by atoms with E-state index in [4.69, 9.17) is 4.74 Å². The summed E-state index contributed by atoms with van der Waals surface area (Å²) in [5.41, 5.74) is 0.860. The lowest BCUT2D eigenvalue weighted by atomic mass is 9.88. The van der Waals surface area contributed by atoms with Gasteiger partial charge in [0.1, 0.15) is 17.2 Å². The second kappa shape index (κ2) is 8.20. The van der Waals surface area contributed by atoms with Crippen molar-refractivity contribution in [2.75, 3.05) is 18.0 Å². The van der Waals surface area contributed by atoms with Gasteiger partial charge in [-0.05, 0) is 52.2 Å². The van der Waals surface area contributed by atoms with Gasteiger partial charge in [0, 0.05) is 19.5 Å². The van der Waals surface area contributed by atoms with Crippen LogP contribution in [0.4, 0.5) is 5.69 Å². The molecular formula is C23H30N4O5. The zero-order valence-electron chi connectivity index (χ0n) is 18.8. The number of imidazole rings is 1. The monoisotopic (exact) mass is 442 g/mol. The Kier molecular flexibility index (Phi) is 5.70. The van der Waals surface area contributed by atoms with Gasteiger partial charge in [-0.1, -0.05) is 6.07 Å². The van der Waals surface area contributed by atoms with Crippen LogP contribution in [0.5, 0.6) is 0 Å². The van der Waals surface area contributed by atoms with Crippen molar-refractivity contribution >= 4 is 34.5 Å². The number of amides is 2. The molecule has 1 unspecified atom stereocenters. The maximum atomic E-state index is 12.3. The van der Waals surface area contributed by atoms with Crippen LogP contribution in [0, 0.1) is 0 Å². The van der Waals surface area contributed by atoms with Crippen LogP contribution < -0.4 is 10.2 Å². The average molecular weight is 443 g/mol. The van der Waals surface area contributed by atoms with Crippen molar-refractivity contribution < 1.29 is 24.2 Å². The number of imide groups is 1. The number of nitrogens with one attached hydrogen (secondary N) is 1. The third-order valence-corrected chi connectivity index (χ3v) is 6.06. The molecule has 9 heteroatoms. The van der Waals surface area contributed by atoms with E-state index in [0.29, 0.717) is 38.8 Å². The van der Waals surface area contributed by atoms with Gasteiger partial charge in [0.05, 0.1) is 29.6 Å². The normalized spacial score (nSPS) is 21.5. The minimum absolute atomic E-state index is 0.0214. The highest BCUT2D eigenvalue weighted by atomic mass is 16.6. The van der Waals surface area contributed by atoms with Gasteiger partial charge in [-0.25, -0.2) is 4.98 Å². The summed E-state index contributed by atoms with van der Waals surface area (Å²) in [7, 11) is 0. The van der Waals surface area contributed by atoms with Gasteiger partial charge in [0.15, 0.2) is 0 Å². The number of hydrogen-bond acceptors (Lipinski definition) is 7. The topological polar surface area (TPSA) is 114 Å². The number of para-hydroxylation sites is 1. The highest BCUT2D eigenvalue weighted by Crippen LogP contribution is 2.34. The third kappa shape index (κ3) is 4.62. The van der Waals surface area contributed by atoms with Crippen molar-refractivity contribution in [2.24, 2.45) is 0 Å². The Morgan fingerprint density at radius 1 is 1.28 bits per heavy atom. The Hall–Kier alpha value is -2.94. The zero-order valence-corrected chi connectivity index (χ0v) is 18.8. The number of piperidine rings is 2. The van der Waals surface area contributed by atoms with Gasteiger partial charge in [-0.3, -0.25) is 19.7 Å². The van der Waals surface area contributed by atoms with Crippen LogP contribution in [0.15, 0.2) is 24.5 Å². The molecule has 2 amide bonds. The number of ether oxygens (including phenoxy) is 1. The van der Waals surface area contributed by atoms with Gasteiger partial charge in [-0.2, -0.15) is 0 Å². The molecule has 3 heterocycles. The lowest BCUT2D eigenvalue weighted by Gasteiger charge is -2.39. The Morgan fingerprint density at radius 3 is 2.66 bits per heavy atom. The molecule has 2 saturated heterocycles. The average Bonchev–Trinajstić information content (AvgIpc) is 3.11. The number of fused-ring (bicyclic) bond motifs is 1. The smallest absolute Gasteiger partial charge is 0.309 e. The van der Waals surface area contributed by atoms with Crippen LogP contribution in [-0.2, 0) is 19.1 Å². The van der Waals surface area contributed by atoms with Gasteiger partial charge in [0.25, 0.3) is 0 Å². The largest absolute Gasteiger partial charge is 0.460 e. The van der Waals surface area contributed by atoms with E-state index in [9.17, 15) is 19.5 Å². The molecule has 32 heavy (non-hydrogen) atoms. The summed E-state index contributed by atoms with van der Waals surface area (Å²) >= 11 is 0. The molecule has 1 aromatic carbocycles. The van der Waals surface area contributed by atoms with E-state index in [1.807, 2.05) is 43.5 Å². The van der Waals surface area contributed by atoms with Crippen LogP contribution >= 0.6 is 0 Å². The van der Waals surface area contributed by atoms with Gasteiger partial charge >= 0.3 is 5.97 Å². The summed E-state index contributed by atoms with van der Waals surface area (Å²) in [6.07, 6.45) is 3.26. The Bertz CT molecular complexity index is 1050. The predicted molar refractivity (Wildman–Crippen MR) is 118 cm³/mol. The number of aliphatic hydroxyl groups is 1. The van der Waals surface area contributed by atoms with Crippen molar-refractivity contribution in [2.45, 2.75) is 70.1 Å². The van der Waals surface area contributed by atoms with Crippen molar-refractivity contribution in [1.29, 1.82) is 0 Å². The van der Waals surface area contributed by atoms with Crippen molar-refractivity contribution in [3.05, 3.63) is 24.5 Å². The predicted octanol–water partition coefficient (Wildman–Crippen LogP) is 2.08. The molecule has 0 bridgehead atoms. The number of benzene rings is 1. The van der Waals surface area contributed by atoms with Gasteiger partial charge in [0.2, 0.25) is 11.8 Å². The lowest BCUT2D eigenvalue weighted by Crippen LogP contribution is -2.46. The summed E-state index contributed by atoms with van der Waals surface area (Å²) in [4.78, 5) is 42.7. The number of nitrogens with zero attached hydrogens (tertiary/aromatic N) is 3. The minimum atomic E-state index is -1.08. The first-order valence-corrected chi connectivity index (χ1v) is 11.0. The van der Waals surface area contributed by atoms with E-state index in [-0.39, 0.29) is 18.2 Å². The van der Waals surface area contributed by atoms with E-state index in [1.54, 1.807) is 6.33 Å². The number of esters is 1. The fourth-order valence-electron chi connectivity index (χ4n) is 4.48. The SMILES string of the molecule is CC(C)(C)OC(=O)CC1(O)CCN(c2cccc3c2ncn3C2CCC(=O)NC2=O)CC1. The molecule has 0 spiro atoms. The first-order chi connectivity index (χ1) is 15.0. The Labute approximate surface area is 186 Å². The van der Waals surface area contributed by atoms with Crippen LogP contribution in [0.1, 0.15) is 58.9 Å². The highest BCUT2D eigenvalue weighted by Gasteiger charge is 2.37. The fraction of sp³-hybridized carbons (Fsp3) is 0.565. The molecule has 0 aliphatic carbocycles. The van der Waals surface area contributed by atoms with E-state index in [0.717, 1.165) is 16.7 Å². The number of carbonyl (C=O) groups is 3. The summed E-state index contributed by atoms with van der Waals surface area (Å²) < 4.78 is 7.19. The summed E-state index contributed by atoms with van der Waals surface area (Å²) in [6.45, 7) is 6.58. The Balaban J connectivity index is 1.48. The standard InChI is InChI=1S/C23H30N4O5/c1-22(2,3)32-19(29)13-23(31)9-11-26(12-10-23)15-5-4-6-16-20(15)24-14-27(16)17-7-8-18(28)25-21(17)30/h4-6,14,17,31H,7-13H2,1-3H3,(H,25,28,30). The van der Waals surface area contributed by atoms with Crippen molar-refractivity contribution in [3.63, 3.8) is 0 Å². The second-order valence-corrected chi connectivity index (χ2v) is 9.74. The molecule has 2 aliphatic rings. The number of hydrogen-bond donors (Lipinski definition) is 2. The molecule has 4 rings (SSSR count). The summed E-state index contributed by atoms with van der Waals surface area (Å²) in [6, 6.07) is 5.34. The fourth-order valence-corrected chi connectivity index (χ4v) is 4.48. The molecule has 2 fully saturated rings. The quantitative estimate of drug-likeness (QED) is 0.550. The maximum Gasteiger partial charge on any atom is 0.309 e. The molecule has 1 aromatic heterocycles. The minimum Gasteiger partial charge on any atom is -0.460 e. The first-order valence-electron chi connectivity index (χ1n) is 11.0. The number of carbonyl (C=O) groups excluding carboxylic acids is 3. The third-order valence-electron chi connectivity index (χ3n) is 6.06. The molecule has 0 saturated carbocycles. The molecule has 0 radical (unpaired) electrons. The van der Waals surface area contributed by atoms with Crippen LogP contribution in [0.25, 0.3) is 11.0 Å². The summed E-state index contributed by atoms with van der Waals surface area (Å²) in [5.74, 6) is -0.946. The van der Waals surface area contributed by atoms with E-state index < -0.39 is 23.2 Å². The van der Waals surface area contributed by atoms with Crippen LogP contribution in [-0.4, -0.2) is 56.7 Å². The van der Waals surface area contributed by atoms with Crippen molar-refractivity contribution in [3.8, 4) is 0 Å². The molecule has 172 valence electrons. The summed E-state index contributed by atoms with van der Waals surface area (Å²) in [5, 5.41) is 13.3. The molecule has 2 aromatic rings. The van der Waals surface area contributed by atoms with Gasteiger partial charge in [-0.15, -0.1) is 0 Å². The number of aromatic nitrogens is 2. The van der Waals surface area contributed by atoms with E-state index in [2.05, 4.69) is 15.2 Å². The van der Waals surface area contributed by atoms with Crippen LogP contribution in [0.3, 0.4) is 0 Å². The van der Waals surface area contributed by atoms with Crippen molar-refractivity contribution in [1.82, 2.24) is 14.9 Å². The molecule has 2 aliphatic heterocycles. The Morgan fingerprint density at radius 2 is 2.00 bits per heavy atom. The molecule has 1 atom stereocenters. The van der Waals surface area contributed by atoms with Gasteiger partial charge < -0.3 is 19.3 Å². The first kappa shape index (κ1) is 22.3. The molecule has 2 N–H and O–H groups in total. The number of rotatable bonds is 4. The number of anilines is 1. The highest BCUT2D eigenvalue weighted by molar-refractivity contribution is 6.00. The van der Waals surface area contributed by atoms with E-state index >= 15 is 0 Å².